The Morgan fingerprint density at radius 1 is 1.10 bits per heavy atom. The predicted molar refractivity (Wildman–Crippen MR) is 131 cm³/mol. The zero-order valence-electron chi connectivity index (χ0n) is 18.4. The molecule has 0 aliphatic carbocycles. The van der Waals surface area contributed by atoms with E-state index in [-0.39, 0.29) is 11.8 Å². The van der Waals surface area contributed by atoms with Gasteiger partial charge in [0.25, 0.3) is 0 Å². The molecule has 168 valence electrons. The molecule has 0 aliphatic rings. The molecule has 0 saturated carbocycles. The minimum atomic E-state index is -0.533. The minimum absolute atomic E-state index is 0.0421. The molecule has 0 heterocycles. The average Bonchev–Trinajstić information content (AvgIpc) is 2.78. The van der Waals surface area contributed by atoms with E-state index in [4.69, 9.17) is 4.74 Å². The van der Waals surface area contributed by atoms with E-state index in [0.29, 0.717) is 18.8 Å². The molecule has 1 N–H and O–H groups in total. The highest BCUT2D eigenvalue weighted by Crippen LogP contribution is 2.19. The number of thioether (sulfide) groups is 1. The SMILES string of the molecule is CCCCNC(=O)[C@@H](C)N(Cc1ccc(Br)cc1)C(=O)CSCc1ccc(OC)cc1. The fourth-order valence-electron chi connectivity index (χ4n) is 2.97. The number of carbonyl (C=O) groups is 2. The van der Waals surface area contributed by atoms with E-state index in [1.54, 1.807) is 30.7 Å². The van der Waals surface area contributed by atoms with Crippen molar-refractivity contribution in [3.8, 4) is 5.75 Å². The normalized spacial score (nSPS) is 11.6. The van der Waals surface area contributed by atoms with Gasteiger partial charge in [0.2, 0.25) is 11.8 Å². The summed E-state index contributed by atoms with van der Waals surface area (Å²) in [5.74, 6) is 1.70. The van der Waals surface area contributed by atoms with E-state index in [0.717, 1.165) is 39.9 Å². The van der Waals surface area contributed by atoms with Gasteiger partial charge in [-0.1, -0.05) is 53.5 Å². The molecule has 2 rings (SSSR count). The van der Waals surface area contributed by atoms with E-state index in [1.807, 2.05) is 48.5 Å². The number of halogens is 1. The van der Waals surface area contributed by atoms with Crippen LogP contribution in [-0.2, 0) is 21.9 Å². The number of nitrogens with zero attached hydrogens (tertiary/aromatic N) is 1. The third-order valence-corrected chi connectivity index (χ3v) is 6.43. The summed E-state index contributed by atoms with van der Waals surface area (Å²) >= 11 is 4.99. The van der Waals surface area contributed by atoms with Gasteiger partial charge in [0.1, 0.15) is 11.8 Å². The highest BCUT2D eigenvalue weighted by Gasteiger charge is 2.25. The molecule has 0 bridgehead atoms. The van der Waals surface area contributed by atoms with Crippen LogP contribution in [0.4, 0.5) is 0 Å². The van der Waals surface area contributed by atoms with E-state index in [9.17, 15) is 9.59 Å². The number of nitrogens with one attached hydrogen (secondary N) is 1. The lowest BCUT2D eigenvalue weighted by atomic mass is 10.1. The Hall–Kier alpha value is -1.99. The smallest absolute Gasteiger partial charge is 0.242 e. The molecular weight excluding hydrogens is 476 g/mol. The van der Waals surface area contributed by atoms with Crippen molar-refractivity contribution in [2.45, 2.75) is 45.0 Å². The number of benzene rings is 2. The van der Waals surface area contributed by atoms with Crippen molar-refractivity contribution >= 4 is 39.5 Å². The molecule has 31 heavy (non-hydrogen) atoms. The number of unbranched alkanes of at least 4 members (excludes halogenated alkanes) is 1. The Morgan fingerprint density at radius 3 is 2.35 bits per heavy atom. The Morgan fingerprint density at radius 2 is 1.74 bits per heavy atom. The molecule has 2 aromatic carbocycles. The summed E-state index contributed by atoms with van der Waals surface area (Å²) in [6.07, 6.45) is 1.94. The van der Waals surface area contributed by atoms with Gasteiger partial charge in [-0.25, -0.2) is 0 Å². The van der Waals surface area contributed by atoms with Crippen LogP contribution < -0.4 is 10.1 Å². The Labute approximate surface area is 198 Å². The second-order valence-corrected chi connectivity index (χ2v) is 9.21. The second-order valence-electron chi connectivity index (χ2n) is 7.31. The first-order valence-electron chi connectivity index (χ1n) is 10.5. The fourth-order valence-corrected chi connectivity index (χ4v) is 4.10. The van der Waals surface area contributed by atoms with Crippen LogP contribution in [0.5, 0.6) is 5.75 Å². The Kier molecular flexibility index (Phi) is 10.9. The van der Waals surface area contributed by atoms with Crippen molar-refractivity contribution in [1.29, 1.82) is 0 Å². The Bertz CT molecular complexity index is 828. The average molecular weight is 507 g/mol. The van der Waals surface area contributed by atoms with Crippen molar-refractivity contribution in [1.82, 2.24) is 10.2 Å². The van der Waals surface area contributed by atoms with Crippen LogP contribution in [0.3, 0.4) is 0 Å². The molecule has 5 nitrogen and oxygen atoms in total. The largest absolute Gasteiger partial charge is 0.497 e. The lowest BCUT2D eigenvalue weighted by molar-refractivity contribution is -0.138. The highest BCUT2D eigenvalue weighted by molar-refractivity contribution is 9.10. The molecule has 0 unspecified atom stereocenters. The summed E-state index contributed by atoms with van der Waals surface area (Å²) in [5, 5.41) is 2.95. The van der Waals surface area contributed by atoms with Gasteiger partial charge >= 0.3 is 0 Å². The maximum absolute atomic E-state index is 13.1. The minimum Gasteiger partial charge on any atom is -0.497 e. The zero-order chi connectivity index (χ0) is 22.6. The molecule has 7 heteroatoms. The number of amides is 2. The summed E-state index contributed by atoms with van der Waals surface area (Å²) in [6, 6.07) is 15.1. The molecule has 1 atom stereocenters. The van der Waals surface area contributed by atoms with Gasteiger partial charge in [0.05, 0.1) is 12.9 Å². The number of methoxy groups -OCH3 is 1. The zero-order valence-corrected chi connectivity index (χ0v) is 20.8. The van der Waals surface area contributed by atoms with E-state index in [2.05, 4.69) is 28.2 Å². The molecule has 0 fully saturated rings. The first-order chi connectivity index (χ1) is 14.9. The number of ether oxygens (including phenoxy) is 1. The van der Waals surface area contributed by atoms with Crippen LogP contribution in [0.1, 0.15) is 37.8 Å². The summed E-state index contributed by atoms with van der Waals surface area (Å²) < 4.78 is 6.16. The second kappa shape index (κ2) is 13.4. The van der Waals surface area contributed by atoms with Gasteiger partial charge in [-0.2, -0.15) is 0 Å². The van der Waals surface area contributed by atoms with Gasteiger partial charge in [-0.05, 0) is 48.7 Å². The molecule has 2 amide bonds. The topological polar surface area (TPSA) is 58.6 Å². The third kappa shape index (κ3) is 8.57. The molecule has 0 aliphatic heterocycles. The summed E-state index contributed by atoms with van der Waals surface area (Å²) in [7, 11) is 1.64. The van der Waals surface area contributed by atoms with Gasteiger partial charge in [-0.3, -0.25) is 9.59 Å². The first kappa shape index (κ1) is 25.3. The van der Waals surface area contributed by atoms with Crippen molar-refractivity contribution < 1.29 is 14.3 Å². The maximum atomic E-state index is 13.1. The van der Waals surface area contributed by atoms with E-state index in [1.165, 1.54) is 0 Å². The number of rotatable bonds is 12. The number of carbonyl (C=O) groups excluding carboxylic acids is 2. The Balaban J connectivity index is 2.01. The summed E-state index contributed by atoms with van der Waals surface area (Å²) in [6.45, 7) is 4.91. The van der Waals surface area contributed by atoms with E-state index >= 15 is 0 Å². The molecule has 0 saturated heterocycles. The lowest BCUT2D eigenvalue weighted by Crippen LogP contribution is -2.48. The van der Waals surface area contributed by atoms with Crippen molar-refractivity contribution in [2.24, 2.45) is 0 Å². The van der Waals surface area contributed by atoms with Crippen LogP contribution in [0.15, 0.2) is 53.0 Å². The van der Waals surface area contributed by atoms with Crippen LogP contribution in [0, 0.1) is 0 Å². The summed E-state index contributed by atoms with van der Waals surface area (Å²) in [4.78, 5) is 27.4. The van der Waals surface area contributed by atoms with Crippen molar-refractivity contribution in [3.05, 3.63) is 64.1 Å². The van der Waals surface area contributed by atoms with Crippen LogP contribution in [0.25, 0.3) is 0 Å². The van der Waals surface area contributed by atoms with Crippen molar-refractivity contribution in [2.75, 3.05) is 19.4 Å². The number of hydrogen-bond donors (Lipinski definition) is 1. The molecule has 2 aromatic rings. The van der Waals surface area contributed by atoms with Gasteiger partial charge in [0, 0.05) is 23.3 Å². The molecular formula is C24H31BrN2O3S. The highest BCUT2D eigenvalue weighted by atomic mass is 79.9. The van der Waals surface area contributed by atoms with Crippen LogP contribution >= 0.6 is 27.7 Å². The van der Waals surface area contributed by atoms with Gasteiger partial charge < -0.3 is 15.0 Å². The van der Waals surface area contributed by atoms with E-state index < -0.39 is 6.04 Å². The third-order valence-electron chi connectivity index (χ3n) is 4.92. The van der Waals surface area contributed by atoms with Crippen LogP contribution in [-0.4, -0.2) is 42.2 Å². The lowest BCUT2D eigenvalue weighted by Gasteiger charge is -2.29. The quantitative estimate of drug-likeness (QED) is 0.410. The van der Waals surface area contributed by atoms with Crippen molar-refractivity contribution in [3.63, 3.8) is 0 Å². The predicted octanol–water partition coefficient (Wildman–Crippen LogP) is 5.02. The molecule has 0 spiro atoms. The number of hydrogen-bond acceptors (Lipinski definition) is 4. The van der Waals surface area contributed by atoms with Crippen LogP contribution in [0.2, 0.25) is 0 Å². The molecule has 0 radical (unpaired) electrons. The van der Waals surface area contributed by atoms with Gasteiger partial charge in [-0.15, -0.1) is 11.8 Å². The fraction of sp³-hybridized carbons (Fsp3) is 0.417. The maximum Gasteiger partial charge on any atom is 0.242 e. The monoisotopic (exact) mass is 506 g/mol. The standard InChI is InChI=1S/C24H31BrN2O3S/c1-4-5-14-26-24(29)18(2)27(15-19-6-10-21(25)11-7-19)23(28)17-31-16-20-8-12-22(30-3)13-9-20/h6-13,18H,4-5,14-17H2,1-3H3,(H,26,29)/t18-/m1/s1. The first-order valence-corrected chi connectivity index (χ1v) is 12.4. The van der Waals surface area contributed by atoms with Gasteiger partial charge in [0.15, 0.2) is 0 Å². The molecule has 0 aromatic heterocycles. The summed E-state index contributed by atoms with van der Waals surface area (Å²) in [5.41, 5.74) is 2.12.